The maximum absolute atomic E-state index is 11.3. The Morgan fingerprint density at radius 1 is 1.23 bits per heavy atom. The molecule has 2 atom stereocenters. The molecule has 140 valence electrons. The van der Waals surface area contributed by atoms with Gasteiger partial charge in [0.2, 0.25) is 17.4 Å². The number of nitrogens with one attached hydrogen (secondary N) is 1. The third-order valence-electron chi connectivity index (χ3n) is 4.79. The lowest BCUT2D eigenvalue weighted by Gasteiger charge is -2.30. The zero-order valence-corrected chi connectivity index (χ0v) is 14.9. The molecule has 2 fully saturated rings. The van der Waals surface area contributed by atoms with Gasteiger partial charge in [-0.3, -0.25) is 14.5 Å². The van der Waals surface area contributed by atoms with E-state index in [1.54, 1.807) is 6.20 Å². The number of hydrogen-bond acceptors (Lipinski definition) is 7. The van der Waals surface area contributed by atoms with E-state index in [0.717, 1.165) is 19.6 Å². The molecule has 26 heavy (non-hydrogen) atoms. The van der Waals surface area contributed by atoms with Gasteiger partial charge in [0.1, 0.15) is 6.61 Å². The van der Waals surface area contributed by atoms with Crippen molar-refractivity contribution in [2.24, 2.45) is 5.73 Å². The number of piperidine rings is 1. The number of likely N-dealkylation sites (tertiary alicyclic amines) is 1. The van der Waals surface area contributed by atoms with Gasteiger partial charge in [0.15, 0.2) is 0 Å². The third-order valence-corrected chi connectivity index (χ3v) is 4.79. The lowest BCUT2D eigenvalue weighted by molar-refractivity contribution is -0.146. The minimum absolute atomic E-state index is 0.394. The average Bonchev–Trinajstić information content (AvgIpc) is 2.67. The molecular formula is C19H26N4O3. The van der Waals surface area contributed by atoms with Crippen LogP contribution in [0.15, 0.2) is 30.5 Å². The molecule has 3 N–H and O–H groups in total. The molecule has 1 saturated heterocycles. The summed E-state index contributed by atoms with van der Waals surface area (Å²) >= 11 is 0. The lowest BCUT2D eigenvalue weighted by Crippen LogP contribution is -2.68. The highest BCUT2D eigenvalue weighted by Crippen LogP contribution is 2.15. The van der Waals surface area contributed by atoms with Gasteiger partial charge in [0.25, 0.3) is 0 Å². The van der Waals surface area contributed by atoms with E-state index < -0.39 is 23.7 Å². The number of ketones is 2. The molecule has 0 radical (unpaired) electrons. The first-order valence-corrected chi connectivity index (χ1v) is 9.17. The highest BCUT2D eigenvalue weighted by atomic mass is 16.5. The number of pyridine rings is 1. The molecule has 0 bridgehead atoms. The van der Waals surface area contributed by atoms with Crippen LogP contribution >= 0.6 is 0 Å². The van der Waals surface area contributed by atoms with E-state index in [0.29, 0.717) is 19.0 Å². The van der Waals surface area contributed by atoms with Crippen LogP contribution in [0.5, 0.6) is 5.88 Å². The van der Waals surface area contributed by atoms with Crippen molar-refractivity contribution in [2.75, 3.05) is 26.2 Å². The van der Waals surface area contributed by atoms with Crippen molar-refractivity contribution in [2.45, 2.75) is 37.9 Å². The standard InChI is InChI=1S/C19H26N4O3/c20-16-17(19(25)18(16)24)22-7-2-5-11-26-15-12-14(6-8-21-15)13-23-9-3-1-4-10-23/h2,5-6,8,12,16-17,22H,1,3-4,7,9-11,13,20H2/b5-2+. The largest absolute Gasteiger partial charge is 0.473 e. The molecule has 7 heteroatoms. The average molecular weight is 358 g/mol. The summed E-state index contributed by atoms with van der Waals surface area (Å²) in [7, 11) is 0. The summed E-state index contributed by atoms with van der Waals surface area (Å²) in [6, 6.07) is 2.75. The first kappa shape index (κ1) is 18.7. The molecule has 1 aromatic rings. The Morgan fingerprint density at radius 2 is 2.04 bits per heavy atom. The number of carbonyl (C=O) groups excluding carboxylic acids is 2. The Bertz CT molecular complexity index is 671. The highest BCUT2D eigenvalue weighted by molar-refractivity contribution is 6.48. The molecule has 0 aromatic carbocycles. The van der Waals surface area contributed by atoms with E-state index in [-0.39, 0.29) is 0 Å². The summed E-state index contributed by atoms with van der Waals surface area (Å²) in [5.41, 5.74) is 6.77. The number of ether oxygens (including phenoxy) is 1. The molecule has 2 unspecified atom stereocenters. The molecule has 7 nitrogen and oxygen atoms in total. The second-order valence-corrected chi connectivity index (χ2v) is 6.76. The number of nitrogens with two attached hydrogens (primary N) is 1. The van der Waals surface area contributed by atoms with Gasteiger partial charge in [0.05, 0.1) is 12.1 Å². The Labute approximate surface area is 153 Å². The maximum atomic E-state index is 11.3. The molecule has 0 amide bonds. The van der Waals surface area contributed by atoms with Crippen LogP contribution in [0.3, 0.4) is 0 Å². The predicted molar refractivity (Wildman–Crippen MR) is 97.8 cm³/mol. The summed E-state index contributed by atoms with van der Waals surface area (Å²) in [6.07, 6.45) is 9.36. The molecule has 0 spiro atoms. The first-order valence-electron chi connectivity index (χ1n) is 9.17. The SMILES string of the molecule is NC1C(=O)C(=O)C1NC/C=C/COc1cc(CN2CCCCC2)ccn1. The monoisotopic (exact) mass is 358 g/mol. The minimum Gasteiger partial charge on any atom is -0.473 e. The van der Waals surface area contributed by atoms with E-state index in [4.69, 9.17) is 10.5 Å². The van der Waals surface area contributed by atoms with Crippen LogP contribution in [-0.4, -0.2) is 59.8 Å². The summed E-state index contributed by atoms with van der Waals surface area (Å²) in [5, 5.41) is 2.94. The smallest absolute Gasteiger partial charge is 0.219 e. The van der Waals surface area contributed by atoms with Gasteiger partial charge in [0, 0.05) is 25.4 Å². The Balaban J connectivity index is 1.37. The van der Waals surface area contributed by atoms with Crippen molar-refractivity contribution >= 4 is 11.6 Å². The Morgan fingerprint density at radius 3 is 2.81 bits per heavy atom. The zero-order valence-electron chi connectivity index (χ0n) is 14.9. The summed E-state index contributed by atoms with van der Waals surface area (Å²) < 4.78 is 5.65. The summed E-state index contributed by atoms with van der Waals surface area (Å²) in [4.78, 5) is 29.1. The van der Waals surface area contributed by atoms with Crippen LogP contribution in [0.4, 0.5) is 0 Å². The summed E-state index contributed by atoms with van der Waals surface area (Å²) in [6.45, 7) is 4.11. The van der Waals surface area contributed by atoms with Crippen LogP contribution in [0.25, 0.3) is 0 Å². The number of rotatable bonds is 8. The van der Waals surface area contributed by atoms with E-state index in [9.17, 15) is 9.59 Å². The van der Waals surface area contributed by atoms with Crippen LogP contribution in [0.1, 0.15) is 24.8 Å². The van der Waals surface area contributed by atoms with Crippen molar-refractivity contribution in [1.82, 2.24) is 15.2 Å². The highest BCUT2D eigenvalue weighted by Gasteiger charge is 2.46. The minimum atomic E-state index is -0.709. The van der Waals surface area contributed by atoms with Gasteiger partial charge < -0.3 is 15.8 Å². The van der Waals surface area contributed by atoms with Crippen molar-refractivity contribution in [1.29, 1.82) is 0 Å². The fraction of sp³-hybridized carbons (Fsp3) is 0.526. The quantitative estimate of drug-likeness (QED) is 0.514. The van der Waals surface area contributed by atoms with E-state index in [1.807, 2.05) is 24.3 Å². The van der Waals surface area contributed by atoms with Crippen molar-refractivity contribution < 1.29 is 14.3 Å². The first-order chi connectivity index (χ1) is 12.6. The zero-order chi connectivity index (χ0) is 18.4. The number of carbonyl (C=O) groups is 2. The Kier molecular flexibility index (Phi) is 6.49. The fourth-order valence-electron chi connectivity index (χ4n) is 3.24. The molecule has 1 aliphatic heterocycles. The van der Waals surface area contributed by atoms with Crippen molar-refractivity contribution in [3.63, 3.8) is 0 Å². The second kappa shape index (κ2) is 9.02. The molecule has 1 aromatic heterocycles. The van der Waals surface area contributed by atoms with Gasteiger partial charge in [-0.15, -0.1) is 0 Å². The molecule has 3 rings (SSSR count). The molecule has 2 heterocycles. The Hall–Kier alpha value is -2.09. The molecule has 1 aliphatic carbocycles. The third kappa shape index (κ3) is 4.75. The fourth-order valence-corrected chi connectivity index (χ4v) is 3.24. The molecular weight excluding hydrogens is 332 g/mol. The summed E-state index contributed by atoms with van der Waals surface area (Å²) in [5.74, 6) is -0.318. The normalized spacial score (nSPS) is 24.0. The van der Waals surface area contributed by atoms with E-state index in [2.05, 4.69) is 15.2 Å². The van der Waals surface area contributed by atoms with Crippen molar-refractivity contribution in [3.05, 3.63) is 36.0 Å². The topological polar surface area (TPSA) is 97.5 Å². The predicted octanol–water partition coefficient (Wildman–Crippen LogP) is 0.440. The van der Waals surface area contributed by atoms with Crippen LogP contribution < -0.4 is 15.8 Å². The van der Waals surface area contributed by atoms with Gasteiger partial charge in [-0.2, -0.15) is 0 Å². The lowest BCUT2D eigenvalue weighted by atomic mass is 9.84. The second-order valence-electron chi connectivity index (χ2n) is 6.76. The van der Waals surface area contributed by atoms with Gasteiger partial charge >= 0.3 is 0 Å². The number of aromatic nitrogens is 1. The number of hydrogen-bond donors (Lipinski definition) is 2. The van der Waals surface area contributed by atoms with Crippen molar-refractivity contribution in [3.8, 4) is 5.88 Å². The van der Waals surface area contributed by atoms with Gasteiger partial charge in [-0.05, 0) is 37.6 Å². The van der Waals surface area contributed by atoms with E-state index >= 15 is 0 Å². The number of Topliss-reactive ketones (excluding diaryl/α,β-unsaturated/α-hetero) is 2. The maximum Gasteiger partial charge on any atom is 0.219 e. The molecule has 2 aliphatic rings. The van der Waals surface area contributed by atoms with Gasteiger partial charge in [-0.1, -0.05) is 18.6 Å². The molecule has 1 saturated carbocycles. The van der Waals surface area contributed by atoms with Gasteiger partial charge in [-0.25, -0.2) is 4.98 Å². The van der Waals surface area contributed by atoms with E-state index in [1.165, 1.54) is 24.8 Å². The van der Waals surface area contributed by atoms with Crippen LogP contribution in [0, 0.1) is 0 Å². The number of nitrogens with zero attached hydrogens (tertiary/aromatic N) is 2. The van der Waals surface area contributed by atoms with Crippen LogP contribution in [0.2, 0.25) is 0 Å². The van der Waals surface area contributed by atoms with Crippen LogP contribution in [-0.2, 0) is 16.1 Å².